The Hall–Kier alpha value is -1.99. The van der Waals surface area contributed by atoms with E-state index < -0.39 is 30.4 Å². The molecule has 11 atom stereocenters. The molecule has 3 saturated carbocycles. The number of rotatable bonds is 10. The molecule has 5 rings (SSSR count). The lowest BCUT2D eigenvalue weighted by atomic mass is 9.46. The van der Waals surface area contributed by atoms with E-state index in [-0.39, 0.29) is 29.5 Å². The lowest BCUT2D eigenvalue weighted by Crippen LogP contribution is -2.54. The van der Waals surface area contributed by atoms with Gasteiger partial charge in [-0.1, -0.05) is 59.5 Å². The van der Waals surface area contributed by atoms with Crippen LogP contribution in [0.2, 0.25) is 0 Å². The Bertz CT molecular complexity index is 1140. The molecule has 3 fully saturated rings. The normalized spacial score (nSPS) is 40.5. The first kappa shape index (κ1) is 33.4. The number of allylic oxidation sites excluding steroid dienone is 1. The molecule has 0 aromatic heterocycles. The Morgan fingerprint density at radius 3 is 2.45 bits per heavy atom. The molecule has 0 bridgehead atoms. The smallest absolute Gasteiger partial charge is 0.303 e. The summed E-state index contributed by atoms with van der Waals surface area (Å²) in [5.74, 6) is 2.77. The number of ketones is 1. The topological polar surface area (TPSA) is 88.1 Å². The Morgan fingerprint density at radius 1 is 0.977 bits per heavy atom. The first-order valence-electron chi connectivity index (χ1n) is 17.4. The number of esters is 2. The van der Waals surface area contributed by atoms with E-state index in [9.17, 15) is 14.4 Å². The summed E-state index contributed by atoms with van der Waals surface area (Å²) in [5, 5.41) is 0. The Balaban J connectivity index is 1.25. The Kier molecular flexibility index (Phi) is 10.2. The second kappa shape index (κ2) is 13.4. The third-order valence-electron chi connectivity index (χ3n) is 12.3. The predicted molar refractivity (Wildman–Crippen MR) is 168 cm³/mol. The molecule has 4 aliphatic carbocycles. The molecule has 1 unspecified atom stereocenters. The van der Waals surface area contributed by atoms with Gasteiger partial charge in [-0.25, -0.2) is 0 Å². The second-order valence-electron chi connectivity index (χ2n) is 15.6. The average Bonchev–Trinajstić information content (AvgIpc) is 3.30. The monoisotopic (exact) mass is 612 g/mol. The lowest BCUT2D eigenvalue weighted by Gasteiger charge is -2.57. The molecule has 0 aromatic carbocycles. The zero-order chi connectivity index (χ0) is 31.8. The largest absolute Gasteiger partial charge is 0.463 e. The van der Waals surface area contributed by atoms with Crippen LogP contribution in [0, 0.1) is 46.3 Å². The highest BCUT2D eigenvalue weighted by Gasteiger charge is 2.61. The summed E-state index contributed by atoms with van der Waals surface area (Å²) in [7, 11) is 0. The minimum absolute atomic E-state index is 0.0272. The maximum Gasteiger partial charge on any atom is 0.303 e. The number of ether oxygens (including phenoxy) is 4. The fourth-order valence-electron chi connectivity index (χ4n) is 10.0. The zero-order valence-electron chi connectivity index (χ0n) is 28.1. The van der Waals surface area contributed by atoms with E-state index in [1.807, 2.05) is 6.08 Å². The molecule has 0 spiro atoms. The van der Waals surface area contributed by atoms with Gasteiger partial charge in [0.25, 0.3) is 0 Å². The van der Waals surface area contributed by atoms with E-state index in [1.54, 1.807) is 12.2 Å². The summed E-state index contributed by atoms with van der Waals surface area (Å²) in [4.78, 5) is 37.0. The number of hydrogen-bond donors (Lipinski definition) is 0. The van der Waals surface area contributed by atoms with Crippen molar-refractivity contribution in [2.45, 2.75) is 137 Å². The first-order valence-corrected chi connectivity index (χ1v) is 17.4. The van der Waals surface area contributed by atoms with Crippen molar-refractivity contribution >= 4 is 17.7 Å². The third-order valence-corrected chi connectivity index (χ3v) is 12.3. The van der Waals surface area contributed by atoms with Crippen molar-refractivity contribution < 1.29 is 33.3 Å². The van der Waals surface area contributed by atoms with E-state index >= 15 is 0 Å². The molecule has 0 radical (unpaired) electrons. The summed E-state index contributed by atoms with van der Waals surface area (Å²) >= 11 is 0. The zero-order valence-corrected chi connectivity index (χ0v) is 28.1. The molecule has 7 heteroatoms. The van der Waals surface area contributed by atoms with Gasteiger partial charge in [0, 0.05) is 19.8 Å². The third kappa shape index (κ3) is 6.74. The van der Waals surface area contributed by atoms with Crippen LogP contribution in [0.5, 0.6) is 0 Å². The van der Waals surface area contributed by atoms with E-state index in [4.69, 9.17) is 18.9 Å². The Labute approximate surface area is 264 Å². The molecular weight excluding hydrogens is 556 g/mol. The standard InChI is InChI=1S/C37H56O7/c1-22(2)9-8-10-23(3)28-11-12-29-35-30(16-18-37(28,29)7)36(6)17-15-27(19-26(36)20-31(35)40)43-34-14-13-32(42-25(5)39)33(44-34)21-41-24(4)38/h13-14,20,22-23,27-30,32-35H,8-12,15-19,21H2,1-7H3/t23-,27?,28-,29+,30+,32+,33-,34+,35+,36+,37-/m1/s1. The molecule has 0 aromatic rings. The minimum atomic E-state index is -0.646. The van der Waals surface area contributed by atoms with E-state index in [0.29, 0.717) is 17.6 Å². The van der Waals surface area contributed by atoms with Gasteiger partial charge in [-0.3, -0.25) is 14.4 Å². The number of fused-ring (bicyclic) bond motifs is 5. The van der Waals surface area contributed by atoms with Gasteiger partial charge >= 0.3 is 11.9 Å². The van der Waals surface area contributed by atoms with Crippen LogP contribution in [0.4, 0.5) is 0 Å². The van der Waals surface area contributed by atoms with E-state index in [0.717, 1.165) is 43.4 Å². The first-order chi connectivity index (χ1) is 20.8. The van der Waals surface area contributed by atoms with Gasteiger partial charge in [0.15, 0.2) is 12.1 Å². The van der Waals surface area contributed by atoms with Crippen molar-refractivity contribution in [2.24, 2.45) is 46.3 Å². The van der Waals surface area contributed by atoms with Gasteiger partial charge in [-0.05, 0) is 104 Å². The number of carbonyl (C=O) groups excluding carboxylic acids is 3. The van der Waals surface area contributed by atoms with Gasteiger partial charge in [0.2, 0.25) is 0 Å². The molecule has 44 heavy (non-hydrogen) atoms. The molecule has 0 N–H and O–H groups in total. The van der Waals surface area contributed by atoms with E-state index in [1.165, 1.54) is 57.9 Å². The highest BCUT2D eigenvalue weighted by Crippen LogP contribution is 2.66. The molecular formula is C37H56O7. The lowest BCUT2D eigenvalue weighted by molar-refractivity contribution is -0.213. The Morgan fingerprint density at radius 2 is 1.75 bits per heavy atom. The number of carbonyl (C=O) groups is 3. The van der Waals surface area contributed by atoms with Gasteiger partial charge in [0.05, 0.1) is 6.10 Å². The van der Waals surface area contributed by atoms with Crippen molar-refractivity contribution in [2.75, 3.05) is 6.61 Å². The van der Waals surface area contributed by atoms with Crippen molar-refractivity contribution in [1.29, 1.82) is 0 Å². The highest BCUT2D eigenvalue weighted by molar-refractivity contribution is 5.94. The van der Waals surface area contributed by atoms with Crippen molar-refractivity contribution in [3.8, 4) is 0 Å². The van der Waals surface area contributed by atoms with Crippen LogP contribution in [0.25, 0.3) is 0 Å². The molecule has 5 aliphatic rings. The summed E-state index contributed by atoms with van der Waals surface area (Å²) in [6.07, 6.45) is 14.9. The van der Waals surface area contributed by atoms with Gasteiger partial charge < -0.3 is 18.9 Å². The van der Waals surface area contributed by atoms with Crippen LogP contribution in [0.1, 0.15) is 113 Å². The molecule has 7 nitrogen and oxygen atoms in total. The van der Waals surface area contributed by atoms with Crippen LogP contribution < -0.4 is 0 Å². The quantitative estimate of drug-likeness (QED) is 0.188. The molecule has 1 heterocycles. The molecule has 0 saturated heterocycles. The highest BCUT2D eigenvalue weighted by atomic mass is 16.7. The van der Waals surface area contributed by atoms with Crippen LogP contribution in [0.15, 0.2) is 23.8 Å². The summed E-state index contributed by atoms with van der Waals surface area (Å²) < 4.78 is 23.0. The van der Waals surface area contributed by atoms with E-state index in [2.05, 4.69) is 34.6 Å². The minimum Gasteiger partial charge on any atom is -0.463 e. The molecule has 0 amide bonds. The van der Waals surface area contributed by atoms with Crippen LogP contribution in [-0.2, 0) is 33.3 Å². The van der Waals surface area contributed by atoms with Crippen molar-refractivity contribution in [3.63, 3.8) is 0 Å². The summed E-state index contributed by atoms with van der Waals surface area (Å²) in [5.41, 5.74) is 1.55. The van der Waals surface area contributed by atoms with Crippen LogP contribution in [0.3, 0.4) is 0 Å². The summed E-state index contributed by atoms with van der Waals surface area (Å²) in [6.45, 7) is 14.7. The maximum atomic E-state index is 14.0. The van der Waals surface area contributed by atoms with Gasteiger partial charge in [-0.15, -0.1) is 0 Å². The van der Waals surface area contributed by atoms with Crippen molar-refractivity contribution in [1.82, 2.24) is 0 Å². The van der Waals surface area contributed by atoms with Crippen LogP contribution >= 0.6 is 0 Å². The fraction of sp³-hybridized carbons (Fsp3) is 0.811. The molecule has 1 aliphatic heterocycles. The van der Waals surface area contributed by atoms with Gasteiger partial charge in [0.1, 0.15) is 18.8 Å². The molecule has 246 valence electrons. The maximum absolute atomic E-state index is 14.0. The number of hydrogen-bond acceptors (Lipinski definition) is 7. The predicted octanol–water partition coefficient (Wildman–Crippen LogP) is 7.37. The second-order valence-corrected chi connectivity index (χ2v) is 15.6. The van der Waals surface area contributed by atoms with Crippen LogP contribution in [-0.4, -0.2) is 48.9 Å². The summed E-state index contributed by atoms with van der Waals surface area (Å²) in [6, 6.07) is 0. The SMILES string of the molecule is CC(=O)OC[C@H]1O[C@H](OC2CC[C@@]3(C)C(=CC(=O)[C@H]4[C@@H]5CC[C@H]([C@H](C)CCCC(C)C)[C@@]5(C)CC[C@@H]43)C2)C=C[C@@H]1OC(C)=O. The fourth-order valence-corrected chi connectivity index (χ4v) is 10.0. The van der Waals surface area contributed by atoms with Crippen molar-refractivity contribution in [3.05, 3.63) is 23.8 Å². The average molecular weight is 613 g/mol. The van der Waals surface area contributed by atoms with Gasteiger partial charge in [-0.2, -0.15) is 0 Å².